The topological polar surface area (TPSA) is 50.7 Å². The van der Waals surface area contributed by atoms with Gasteiger partial charge in [0.15, 0.2) is 5.82 Å². The highest BCUT2D eigenvalue weighted by Gasteiger charge is 2.62. The van der Waals surface area contributed by atoms with Crippen LogP contribution in [-0.4, -0.2) is 17.8 Å². The average molecular weight is 525 g/mol. The summed E-state index contributed by atoms with van der Waals surface area (Å²) in [5.41, 5.74) is -1.95. The van der Waals surface area contributed by atoms with Gasteiger partial charge in [-0.05, 0) is 41.3 Å². The predicted molar refractivity (Wildman–Crippen MR) is 125 cm³/mol. The molecule has 0 bridgehead atoms. The molecule has 3 aromatic carbocycles. The highest BCUT2D eigenvalue weighted by Crippen LogP contribution is 2.50. The van der Waals surface area contributed by atoms with Crippen LogP contribution in [0.2, 0.25) is 10.0 Å². The van der Waals surface area contributed by atoms with Crippen LogP contribution in [0.15, 0.2) is 53.7 Å². The molecule has 1 aliphatic carbocycles. The molecule has 5 rings (SSSR count). The fraction of sp³-hybridized carbons (Fsp3) is 0.280. The van der Waals surface area contributed by atoms with E-state index in [9.17, 15) is 22.4 Å². The summed E-state index contributed by atoms with van der Waals surface area (Å²) < 4.78 is 57.0. The minimum Gasteiger partial charge on any atom is -0.374 e. The quantitative estimate of drug-likeness (QED) is 0.291. The molecule has 1 saturated carbocycles. The van der Waals surface area contributed by atoms with Gasteiger partial charge in [-0.1, -0.05) is 64.8 Å². The van der Waals surface area contributed by atoms with Gasteiger partial charge in [0.05, 0.1) is 15.8 Å². The van der Waals surface area contributed by atoms with Crippen molar-refractivity contribution in [1.82, 2.24) is 5.32 Å². The molecule has 1 atom stereocenters. The molecule has 1 fully saturated rings. The summed E-state index contributed by atoms with van der Waals surface area (Å²) in [5.74, 6) is -0.947. The maximum atomic E-state index is 14.4. The number of nitrogens with one attached hydrogen (secondary N) is 1. The molecule has 0 saturated heterocycles. The first-order valence-electron chi connectivity index (χ1n) is 10.9. The van der Waals surface area contributed by atoms with Gasteiger partial charge in [-0.15, -0.1) is 0 Å². The van der Waals surface area contributed by atoms with Crippen LogP contribution in [-0.2, 0) is 21.8 Å². The number of rotatable bonds is 5. The van der Waals surface area contributed by atoms with E-state index < -0.39 is 39.6 Å². The third kappa shape index (κ3) is 4.23. The van der Waals surface area contributed by atoms with Crippen LogP contribution < -0.4 is 5.32 Å². The highest BCUT2D eigenvalue weighted by molar-refractivity contribution is 6.35. The standard InChI is InChI=1S/C25H18Cl2F4N2O2/c26-19-9-15(10-20(27)22(19)28)24(25(29,30)31)11-21(33-35-24)18-8-7-14(12-32-23(34)13-5-6-13)16-3-1-2-4-17(16)18/h1-4,7-10,13H,5-6,11-12H2,(H,32,34). The minimum absolute atomic E-state index is 0.00157. The minimum atomic E-state index is -4.90. The zero-order valence-electron chi connectivity index (χ0n) is 18.1. The number of alkyl halides is 3. The lowest BCUT2D eigenvalue weighted by Gasteiger charge is -2.29. The Labute approximate surface area is 207 Å². The van der Waals surface area contributed by atoms with E-state index in [4.69, 9.17) is 28.0 Å². The van der Waals surface area contributed by atoms with Crippen molar-refractivity contribution in [3.63, 3.8) is 0 Å². The van der Waals surface area contributed by atoms with Crippen molar-refractivity contribution in [1.29, 1.82) is 0 Å². The van der Waals surface area contributed by atoms with E-state index in [2.05, 4.69) is 10.5 Å². The molecule has 2 aliphatic rings. The van der Waals surface area contributed by atoms with Crippen molar-refractivity contribution in [3.8, 4) is 0 Å². The van der Waals surface area contributed by atoms with Crippen molar-refractivity contribution in [2.24, 2.45) is 11.1 Å². The number of benzene rings is 3. The maximum Gasteiger partial charge on any atom is 0.435 e. The van der Waals surface area contributed by atoms with Gasteiger partial charge >= 0.3 is 6.18 Å². The number of hydrogen-bond acceptors (Lipinski definition) is 3. The lowest BCUT2D eigenvalue weighted by Crippen LogP contribution is -2.42. The summed E-state index contributed by atoms with van der Waals surface area (Å²) >= 11 is 11.6. The highest BCUT2D eigenvalue weighted by atomic mass is 35.5. The molecule has 182 valence electrons. The van der Waals surface area contributed by atoms with Crippen molar-refractivity contribution in [2.75, 3.05) is 0 Å². The molecule has 4 nitrogen and oxygen atoms in total. The molecular formula is C25H18Cl2F4N2O2. The second-order valence-electron chi connectivity index (χ2n) is 8.69. The number of fused-ring (bicyclic) bond motifs is 1. The maximum absolute atomic E-state index is 14.4. The van der Waals surface area contributed by atoms with E-state index in [0.29, 0.717) is 17.5 Å². The van der Waals surface area contributed by atoms with Crippen LogP contribution in [0.1, 0.15) is 36.0 Å². The van der Waals surface area contributed by atoms with Crippen LogP contribution >= 0.6 is 23.2 Å². The van der Waals surface area contributed by atoms with E-state index in [1.54, 1.807) is 24.3 Å². The van der Waals surface area contributed by atoms with Crippen LogP contribution in [0.25, 0.3) is 10.8 Å². The molecule has 3 aromatic rings. The van der Waals surface area contributed by atoms with Gasteiger partial charge < -0.3 is 10.2 Å². The smallest absolute Gasteiger partial charge is 0.374 e. The molecule has 0 spiro atoms. The number of halogens is 6. The summed E-state index contributed by atoms with van der Waals surface area (Å²) in [4.78, 5) is 17.1. The first-order valence-corrected chi connectivity index (χ1v) is 11.6. The van der Waals surface area contributed by atoms with E-state index in [1.807, 2.05) is 12.1 Å². The van der Waals surface area contributed by atoms with Gasteiger partial charge in [-0.25, -0.2) is 4.39 Å². The zero-order chi connectivity index (χ0) is 25.0. The molecule has 0 aromatic heterocycles. The van der Waals surface area contributed by atoms with E-state index in [1.165, 1.54) is 0 Å². The molecule has 0 radical (unpaired) electrons. The van der Waals surface area contributed by atoms with Gasteiger partial charge in [-0.2, -0.15) is 13.2 Å². The summed E-state index contributed by atoms with van der Waals surface area (Å²) in [7, 11) is 0. The molecule has 1 unspecified atom stereocenters. The molecule has 35 heavy (non-hydrogen) atoms. The van der Waals surface area contributed by atoms with Crippen LogP contribution in [0.5, 0.6) is 0 Å². The first-order chi connectivity index (χ1) is 16.6. The summed E-state index contributed by atoms with van der Waals surface area (Å²) in [6, 6.07) is 12.3. The third-order valence-corrected chi connectivity index (χ3v) is 6.91. The monoisotopic (exact) mass is 524 g/mol. The van der Waals surface area contributed by atoms with Gasteiger partial charge in [0.2, 0.25) is 5.91 Å². The fourth-order valence-electron chi connectivity index (χ4n) is 4.28. The van der Waals surface area contributed by atoms with E-state index in [0.717, 1.165) is 35.9 Å². The first kappa shape index (κ1) is 23.9. The second kappa shape index (κ2) is 8.68. The van der Waals surface area contributed by atoms with Gasteiger partial charge in [0.1, 0.15) is 0 Å². The Morgan fingerprint density at radius 1 is 1.09 bits per heavy atom. The van der Waals surface area contributed by atoms with Crippen molar-refractivity contribution >= 4 is 45.6 Å². The third-order valence-electron chi connectivity index (χ3n) is 6.36. The SMILES string of the molecule is O=C(NCc1ccc(C2=NOC(c3cc(Cl)c(F)c(Cl)c3)(C(F)(F)F)C2)c2ccccc12)C1CC1. The molecular weight excluding hydrogens is 507 g/mol. The van der Waals surface area contributed by atoms with Crippen molar-refractivity contribution < 1.29 is 27.2 Å². The van der Waals surface area contributed by atoms with Crippen LogP contribution in [0, 0.1) is 11.7 Å². The number of carbonyl (C=O) groups is 1. The van der Waals surface area contributed by atoms with Gasteiger partial charge in [-0.3, -0.25) is 4.79 Å². The number of carbonyl (C=O) groups excluding carboxylic acids is 1. The summed E-state index contributed by atoms with van der Waals surface area (Å²) in [6.45, 7) is 0.304. The van der Waals surface area contributed by atoms with Crippen LogP contribution in [0.3, 0.4) is 0 Å². The Morgan fingerprint density at radius 2 is 1.74 bits per heavy atom. The second-order valence-corrected chi connectivity index (χ2v) is 9.51. The van der Waals surface area contributed by atoms with E-state index in [-0.39, 0.29) is 17.5 Å². The summed E-state index contributed by atoms with van der Waals surface area (Å²) in [5, 5.41) is 7.09. The number of oxime groups is 1. The Balaban J connectivity index is 1.51. The van der Waals surface area contributed by atoms with E-state index >= 15 is 0 Å². The lowest BCUT2D eigenvalue weighted by atomic mass is 9.85. The van der Waals surface area contributed by atoms with Crippen molar-refractivity contribution in [3.05, 3.63) is 81.1 Å². The van der Waals surface area contributed by atoms with Gasteiger partial charge in [0, 0.05) is 30.0 Å². The molecule has 10 heteroatoms. The Bertz CT molecular complexity index is 1350. The predicted octanol–water partition coefficient (Wildman–Crippen LogP) is 6.89. The lowest BCUT2D eigenvalue weighted by molar-refractivity contribution is -0.275. The average Bonchev–Trinajstić information content (AvgIpc) is 3.57. The molecule has 1 aliphatic heterocycles. The Hall–Kier alpha value is -2.84. The van der Waals surface area contributed by atoms with Crippen molar-refractivity contribution in [2.45, 2.75) is 37.6 Å². The number of hydrogen-bond donors (Lipinski definition) is 1. The molecule has 1 heterocycles. The Morgan fingerprint density at radius 3 is 2.37 bits per heavy atom. The number of nitrogens with zero attached hydrogens (tertiary/aromatic N) is 1. The zero-order valence-corrected chi connectivity index (χ0v) is 19.6. The fourth-order valence-corrected chi connectivity index (χ4v) is 4.76. The molecule has 1 amide bonds. The largest absolute Gasteiger partial charge is 0.435 e. The Kier molecular flexibility index (Phi) is 5.92. The number of amides is 1. The van der Waals surface area contributed by atoms with Gasteiger partial charge in [0.25, 0.3) is 5.60 Å². The normalized spacial score (nSPS) is 20.0. The van der Waals surface area contributed by atoms with Crippen LogP contribution in [0.4, 0.5) is 17.6 Å². The molecule has 1 N–H and O–H groups in total. The summed E-state index contributed by atoms with van der Waals surface area (Å²) in [6.07, 6.45) is -3.78.